The molecule has 2 aliphatic carbocycles. The summed E-state index contributed by atoms with van der Waals surface area (Å²) in [5.74, 6) is 1.11. The van der Waals surface area contributed by atoms with Crippen LogP contribution < -0.4 is 4.74 Å². The van der Waals surface area contributed by atoms with E-state index in [1.54, 1.807) is 17.7 Å². The lowest BCUT2D eigenvalue weighted by molar-refractivity contribution is 0.00508. The number of nitrogens with zero attached hydrogens (tertiary/aromatic N) is 4. The van der Waals surface area contributed by atoms with Gasteiger partial charge in [-0.05, 0) is 77.2 Å². The third kappa shape index (κ3) is 5.42. The second-order valence-corrected chi connectivity index (χ2v) is 12.2. The number of hydrogen-bond acceptors (Lipinski definition) is 8. The van der Waals surface area contributed by atoms with Crippen LogP contribution in [0.2, 0.25) is 0 Å². The Balaban J connectivity index is 1.16. The van der Waals surface area contributed by atoms with Crippen molar-refractivity contribution in [3.05, 3.63) is 16.8 Å². The molecule has 1 aliphatic heterocycles. The van der Waals surface area contributed by atoms with E-state index < -0.39 is 5.60 Å². The van der Waals surface area contributed by atoms with Crippen molar-refractivity contribution in [2.24, 2.45) is 0 Å². The molecular weight excluding hydrogens is 464 g/mol. The van der Waals surface area contributed by atoms with Gasteiger partial charge in [-0.2, -0.15) is 0 Å². The normalized spacial score (nSPS) is 25.6. The summed E-state index contributed by atoms with van der Waals surface area (Å²) in [4.78, 5) is 28.2. The first-order valence-corrected chi connectivity index (χ1v) is 13.9. The molecule has 0 bridgehead atoms. The zero-order valence-electron chi connectivity index (χ0n) is 21.2. The van der Waals surface area contributed by atoms with E-state index in [0.717, 1.165) is 87.2 Å². The average Bonchev–Trinajstić information content (AvgIpc) is 3.39. The number of carbonyl (C=O) groups excluding carboxylic acids is 1. The van der Waals surface area contributed by atoms with Crippen LogP contribution in [0.5, 0.6) is 5.88 Å². The average molecular weight is 503 g/mol. The number of aryl methyl sites for hydroxylation is 1. The number of hydrogen-bond donors (Lipinski definition) is 1. The molecular formula is C26H38N4O4S. The highest BCUT2D eigenvalue weighted by atomic mass is 32.1. The molecule has 3 heterocycles. The molecule has 0 radical (unpaired) electrons. The summed E-state index contributed by atoms with van der Waals surface area (Å²) in [6.07, 6.45) is 8.75. The van der Waals surface area contributed by atoms with Crippen LogP contribution in [0, 0.1) is 0 Å². The predicted octanol–water partition coefficient (Wildman–Crippen LogP) is 4.35. The lowest BCUT2D eigenvalue weighted by Gasteiger charge is -2.42. The van der Waals surface area contributed by atoms with E-state index in [1.165, 1.54) is 10.4 Å². The molecule has 192 valence electrons. The fourth-order valence-corrected chi connectivity index (χ4v) is 7.09. The minimum Gasteiger partial charge on any atom is -0.474 e. The van der Waals surface area contributed by atoms with E-state index in [1.807, 2.05) is 25.7 Å². The van der Waals surface area contributed by atoms with E-state index in [-0.39, 0.29) is 18.8 Å². The Labute approximate surface area is 211 Å². The van der Waals surface area contributed by atoms with E-state index in [4.69, 9.17) is 9.47 Å². The maximum Gasteiger partial charge on any atom is 0.410 e. The molecule has 35 heavy (non-hydrogen) atoms. The molecule has 8 nitrogen and oxygen atoms in total. The number of aromatic nitrogens is 2. The molecule has 3 aliphatic rings. The second kappa shape index (κ2) is 10.2. The predicted molar refractivity (Wildman–Crippen MR) is 136 cm³/mol. The molecule has 1 saturated heterocycles. The number of amides is 1. The monoisotopic (exact) mass is 502 g/mol. The molecule has 1 saturated carbocycles. The number of fused-ring (bicyclic) bond motifs is 3. The SMILES string of the molecule is CC(C)(C)OC(=O)N1CCN(C2CCC(Oc3ncnc4sc5c(c34)[C@@H](CCO)CC5)CC2)CC1. The quantitative estimate of drug-likeness (QED) is 0.650. The van der Waals surface area contributed by atoms with Gasteiger partial charge in [0.15, 0.2) is 0 Å². The van der Waals surface area contributed by atoms with Crippen molar-refractivity contribution in [3.63, 3.8) is 0 Å². The number of aliphatic hydroxyl groups excluding tert-OH is 1. The molecule has 1 atom stereocenters. The molecule has 0 unspecified atom stereocenters. The molecule has 1 N–H and O–H groups in total. The van der Waals surface area contributed by atoms with Crippen LogP contribution in [0.25, 0.3) is 10.2 Å². The lowest BCUT2D eigenvalue weighted by Crippen LogP contribution is -2.53. The fourth-order valence-electron chi connectivity index (χ4n) is 5.86. The summed E-state index contributed by atoms with van der Waals surface area (Å²) >= 11 is 1.76. The summed E-state index contributed by atoms with van der Waals surface area (Å²) in [5.41, 5.74) is 0.872. The van der Waals surface area contributed by atoms with Crippen LogP contribution in [0.4, 0.5) is 4.79 Å². The summed E-state index contributed by atoms with van der Waals surface area (Å²) in [7, 11) is 0. The van der Waals surface area contributed by atoms with Gasteiger partial charge in [0.25, 0.3) is 0 Å². The number of carbonyl (C=O) groups is 1. The largest absolute Gasteiger partial charge is 0.474 e. The highest BCUT2D eigenvalue weighted by molar-refractivity contribution is 7.19. The van der Waals surface area contributed by atoms with E-state index in [2.05, 4.69) is 14.9 Å². The molecule has 5 rings (SSSR count). The number of rotatable bonds is 5. The van der Waals surface area contributed by atoms with Crippen LogP contribution in [-0.2, 0) is 11.2 Å². The van der Waals surface area contributed by atoms with Gasteiger partial charge in [0.05, 0.1) is 5.39 Å². The topological polar surface area (TPSA) is 88.0 Å². The van der Waals surface area contributed by atoms with Crippen LogP contribution >= 0.6 is 11.3 Å². The number of piperazine rings is 1. The van der Waals surface area contributed by atoms with Gasteiger partial charge in [0.2, 0.25) is 5.88 Å². The maximum absolute atomic E-state index is 12.4. The fraction of sp³-hybridized carbons (Fsp3) is 0.731. The van der Waals surface area contributed by atoms with Crippen molar-refractivity contribution in [3.8, 4) is 5.88 Å². The van der Waals surface area contributed by atoms with Crippen molar-refractivity contribution in [1.29, 1.82) is 0 Å². The first-order valence-electron chi connectivity index (χ1n) is 13.1. The summed E-state index contributed by atoms with van der Waals surface area (Å²) in [5, 5.41) is 10.6. The molecule has 0 aromatic carbocycles. The van der Waals surface area contributed by atoms with Crippen LogP contribution in [0.15, 0.2) is 6.33 Å². The van der Waals surface area contributed by atoms with Crippen molar-refractivity contribution >= 4 is 27.6 Å². The summed E-state index contributed by atoms with van der Waals surface area (Å²) in [6.45, 7) is 9.19. The first-order chi connectivity index (χ1) is 16.8. The standard InChI is InChI=1S/C26H38N4O4S/c1-26(2,3)34-25(32)30-13-11-29(12-14-30)18-5-7-19(8-6-18)33-23-22-21-17(10-15-31)4-9-20(21)35-24(22)28-16-27-23/h16-19,31H,4-15H2,1-3H3/t17-,18?,19?/m1/s1. The van der Waals surface area contributed by atoms with Crippen LogP contribution in [0.3, 0.4) is 0 Å². The highest BCUT2D eigenvalue weighted by Crippen LogP contribution is 2.47. The van der Waals surface area contributed by atoms with Gasteiger partial charge in [0.1, 0.15) is 22.9 Å². The van der Waals surface area contributed by atoms with Gasteiger partial charge in [-0.3, -0.25) is 4.90 Å². The number of aliphatic hydroxyl groups is 1. The van der Waals surface area contributed by atoms with Gasteiger partial charge in [-0.1, -0.05) is 0 Å². The molecule has 2 aromatic heterocycles. The third-order valence-corrected chi connectivity index (χ3v) is 8.75. The van der Waals surface area contributed by atoms with Crippen molar-refractivity contribution in [2.45, 2.75) is 89.4 Å². The smallest absolute Gasteiger partial charge is 0.410 e. The zero-order valence-corrected chi connectivity index (χ0v) is 22.0. The molecule has 0 spiro atoms. The van der Waals surface area contributed by atoms with E-state index >= 15 is 0 Å². The van der Waals surface area contributed by atoms with Gasteiger partial charge in [0, 0.05) is 43.7 Å². The van der Waals surface area contributed by atoms with Gasteiger partial charge in [-0.15, -0.1) is 11.3 Å². The lowest BCUT2D eigenvalue weighted by atomic mass is 9.91. The van der Waals surface area contributed by atoms with Gasteiger partial charge >= 0.3 is 6.09 Å². The van der Waals surface area contributed by atoms with Crippen molar-refractivity contribution in [2.75, 3.05) is 32.8 Å². The Morgan fingerprint density at radius 1 is 1.11 bits per heavy atom. The Bertz CT molecular complexity index is 1040. The highest BCUT2D eigenvalue weighted by Gasteiger charge is 2.33. The molecule has 2 aromatic rings. The van der Waals surface area contributed by atoms with Crippen molar-refractivity contribution in [1.82, 2.24) is 19.8 Å². The Morgan fingerprint density at radius 2 is 1.86 bits per heavy atom. The zero-order chi connectivity index (χ0) is 24.6. The summed E-state index contributed by atoms with van der Waals surface area (Å²) < 4.78 is 12.0. The van der Waals surface area contributed by atoms with E-state index in [9.17, 15) is 9.90 Å². The Hall–Kier alpha value is -1.97. The Morgan fingerprint density at radius 3 is 2.54 bits per heavy atom. The number of thiophene rings is 1. The van der Waals surface area contributed by atoms with Crippen LogP contribution in [-0.4, -0.2) is 81.5 Å². The number of ether oxygens (including phenoxy) is 2. The third-order valence-electron chi connectivity index (χ3n) is 7.58. The van der Waals surface area contributed by atoms with Crippen molar-refractivity contribution < 1.29 is 19.4 Å². The minimum absolute atomic E-state index is 0.167. The van der Waals surface area contributed by atoms with E-state index in [0.29, 0.717) is 12.0 Å². The van der Waals surface area contributed by atoms with Gasteiger partial charge < -0.3 is 19.5 Å². The Kier molecular flexibility index (Phi) is 7.19. The summed E-state index contributed by atoms with van der Waals surface area (Å²) in [6, 6.07) is 0.542. The maximum atomic E-state index is 12.4. The second-order valence-electron chi connectivity index (χ2n) is 11.1. The minimum atomic E-state index is -0.454. The van der Waals surface area contributed by atoms with Gasteiger partial charge in [-0.25, -0.2) is 14.8 Å². The first kappa shape index (κ1) is 24.7. The molecule has 9 heteroatoms. The van der Waals surface area contributed by atoms with Crippen LogP contribution in [0.1, 0.15) is 75.7 Å². The molecule has 1 amide bonds. The molecule has 2 fully saturated rings.